The molecule has 0 aliphatic carbocycles. The minimum Gasteiger partial charge on any atom is -0.369 e. The van der Waals surface area contributed by atoms with Crippen LogP contribution in [0, 0.1) is 10.1 Å². The van der Waals surface area contributed by atoms with Gasteiger partial charge in [0.15, 0.2) is 5.78 Å². The number of hydrogen-bond acceptors (Lipinski definition) is 6. The average molecular weight is 368 g/mol. The molecule has 0 unspecified atom stereocenters. The lowest BCUT2D eigenvalue weighted by atomic mass is 10.1. The molecule has 2 aromatic rings. The summed E-state index contributed by atoms with van der Waals surface area (Å²) in [4.78, 5) is 27.1. The number of ketones is 1. The number of benzene rings is 2. The summed E-state index contributed by atoms with van der Waals surface area (Å²) in [5.41, 5.74) is 2.51. The molecule has 7 heteroatoms. The first-order chi connectivity index (χ1) is 13.0. The SMILES string of the molecule is CCN1CCN(c2ccc(Nc3ccc(C(C)=O)cc3[N+](=O)[O-])cc2)CC1. The van der Waals surface area contributed by atoms with Crippen LogP contribution in [0.1, 0.15) is 24.2 Å². The Hall–Kier alpha value is -2.93. The zero-order chi connectivity index (χ0) is 19.4. The monoisotopic (exact) mass is 368 g/mol. The van der Waals surface area contributed by atoms with E-state index < -0.39 is 4.92 Å². The van der Waals surface area contributed by atoms with Crippen molar-refractivity contribution in [2.75, 3.05) is 42.9 Å². The van der Waals surface area contributed by atoms with Gasteiger partial charge in [-0.2, -0.15) is 0 Å². The van der Waals surface area contributed by atoms with Crippen LogP contribution in [0.25, 0.3) is 0 Å². The molecule has 0 atom stereocenters. The number of nitro benzene ring substituents is 1. The number of nitrogens with zero attached hydrogens (tertiary/aromatic N) is 3. The van der Waals surface area contributed by atoms with Crippen molar-refractivity contribution in [3.8, 4) is 0 Å². The molecule has 1 heterocycles. The van der Waals surface area contributed by atoms with Crippen LogP contribution in [-0.4, -0.2) is 48.3 Å². The summed E-state index contributed by atoms with van der Waals surface area (Å²) in [5, 5.41) is 14.4. The van der Waals surface area contributed by atoms with Crippen molar-refractivity contribution in [3.63, 3.8) is 0 Å². The molecule has 2 aromatic carbocycles. The topological polar surface area (TPSA) is 78.7 Å². The first-order valence-corrected chi connectivity index (χ1v) is 9.11. The molecule has 1 N–H and O–H groups in total. The minimum absolute atomic E-state index is 0.109. The van der Waals surface area contributed by atoms with Crippen LogP contribution in [0.3, 0.4) is 0 Å². The maximum absolute atomic E-state index is 11.5. The molecule has 0 amide bonds. The largest absolute Gasteiger partial charge is 0.369 e. The molecule has 0 bridgehead atoms. The molecular formula is C20H24N4O3. The summed E-state index contributed by atoms with van der Waals surface area (Å²) in [7, 11) is 0. The number of nitrogens with one attached hydrogen (secondary N) is 1. The van der Waals surface area contributed by atoms with Gasteiger partial charge in [-0.3, -0.25) is 14.9 Å². The van der Waals surface area contributed by atoms with Crippen molar-refractivity contribution in [2.24, 2.45) is 0 Å². The first kappa shape index (κ1) is 18.8. The van der Waals surface area contributed by atoms with E-state index in [0.29, 0.717) is 11.3 Å². The summed E-state index contributed by atoms with van der Waals surface area (Å²) in [6.45, 7) is 8.77. The standard InChI is InChI=1S/C20H24N4O3/c1-3-22-10-12-23(13-11-22)18-7-5-17(6-8-18)21-19-9-4-16(15(2)25)14-20(19)24(26)27/h4-9,14,21H,3,10-13H2,1-2H3. The highest BCUT2D eigenvalue weighted by molar-refractivity contribution is 5.95. The van der Waals surface area contributed by atoms with Crippen LogP contribution in [0.15, 0.2) is 42.5 Å². The summed E-state index contributed by atoms with van der Waals surface area (Å²) in [6, 6.07) is 12.4. The van der Waals surface area contributed by atoms with E-state index in [1.165, 1.54) is 13.0 Å². The number of Topliss-reactive ketones (excluding diaryl/α,β-unsaturated/α-hetero) is 1. The number of carbonyl (C=O) groups is 1. The van der Waals surface area contributed by atoms with Gasteiger partial charge in [0.25, 0.3) is 5.69 Å². The second-order valence-electron chi connectivity index (χ2n) is 6.64. The second-order valence-corrected chi connectivity index (χ2v) is 6.64. The summed E-state index contributed by atoms with van der Waals surface area (Å²) < 4.78 is 0. The van der Waals surface area contributed by atoms with Crippen LogP contribution in [-0.2, 0) is 0 Å². The highest BCUT2D eigenvalue weighted by atomic mass is 16.6. The van der Waals surface area contributed by atoms with E-state index >= 15 is 0 Å². The van der Waals surface area contributed by atoms with E-state index in [-0.39, 0.29) is 11.5 Å². The van der Waals surface area contributed by atoms with Gasteiger partial charge in [-0.15, -0.1) is 0 Å². The fourth-order valence-corrected chi connectivity index (χ4v) is 3.24. The Morgan fingerprint density at radius 3 is 2.33 bits per heavy atom. The van der Waals surface area contributed by atoms with Gasteiger partial charge >= 0.3 is 0 Å². The van der Waals surface area contributed by atoms with Crippen LogP contribution < -0.4 is 10.2 Å². The third-order valence-electron chi connectivity index (χ3n) is 4.93. The van der Waals surface area contributed by atoms with Gasteiger partial charge in [-0.1, -0.05) is 6.92 Å². The van der Waals surface area contributed by atoms with E-state index in [1.54, 1.807) is 12.1 Å². The summed E-state index contributed by atoms with van der Waals surface area (Å²) in [5.74, 6) is -0.197. The Morgan fingerprint density at radius 1 is 1.11 bits per heavy atom. The van der Waals surface area contributed by atoms with Crippen LogP contribution in [0.2, 0.25) is 0 Å². The van der Waals surface area contributed by atoms with Crippen molar-refractivity contribution in [1.82, 2.24) is 4.90 Å². The van der Waals surface area contributed by atoms with E-state index in [4.69, 9.17) is 0 Å². The minimum atomic E-state index is -0.476. The van der Waals surface area contributed by atoms with Crippen molar-refractivity contribution in [1.29, 1.82) is 0 Å². The fraction of sp³-hybridized carbons (Fsp3) is 0.350. The van der Waals surface area contributed by atoms with Gasteiger partial charge in [0.2, 0.25) is 0 Å². The molecule has 27 heavy (non-hydrogen) atoms. The third-order valence-corrected chi connectivity index (χ3v) is 4.93. The van der Waals surface area contributed by atoms with Crippen LogP contribution in [0.5, 0.6) is 0 Å². The van der Waals surface area contributed by atoms with Crippen molar-refractivity contribution in [2.45, 2.75) is 13.8 Å². The molecule has 7 nitrogen and oxygen atoms in total. The maximum Gasteiger partial charge on any atom is 0.293 e. The number of carbonyl (C=O) groups excluding carboxylic acids is 1. The molecule has 1 saturated heterocycles. The predicted octanol–water partition coefficient (Wildman–Crippen LogP) is 3.68. The maximum atomic E-state index is 11.5. The molecular weight excluding hydrogens is 344 g/mol. The number of piperazine rings is 1. The van der Waals surface area contributed by atoms with Crippen molar-refractivity contribution >= 4 is 28.5 Å². The molecule has 0 spiro atoms. The quantitative estimate of drug-likeness (QED) is 0.476. The number of hydrogen-bond donors (Lipinski definition) is 1. The van der Waals surface area contributed by atoms with Gasteiger partial charge < -0.3 is 15.1 Å². The van der Waals surface area contributed by atoms with Gasteiger partial charge in [-0.05, 0) is 49.9 Å². The second kappa shape index (κ2) is 8.18. The Bertz CT molecular complexity index is 828. The van der Waals surface area contributed by atoms with Crippen LogP contribution >= 0.6 is 0 Å². The van der Waals surface area contributed by atoms with E-state index in [2.05, 4.69) is 22.0 Å². The first-order valence-electron chi connectivity index (χ1n) is 9.11. The molecule has 0 saturated carbocycles. The Morgan fingerprint density at radius 2 is 1.78 bits per heavy atom. The Labute approximate surface area is 158 Å². The highest BCUT2D eigenvalue weighted by Crippen LogP contribution is 2.30. The molecule has 1 aliphatic rings. The molecule has 0 aromatic heterocycles. The number of rotatable bonds is 6. The van der Waals surface area contributed by atoms with E-state index in [0.717, 1.165) is 44.1 Å². The van der Waals surface area contributed by atoms with Gasteiger partial charge in [0.1, 0.15) is 5.69 Å². The smallest absolute Gasteiger partial charge is 0.293 e. The lowest BCUT2D eigenvalue weighted by Gasteiger charge is -2.35. The lowest BCUT2D eigenvalue weighted by molar-refractivity contribution is -0.383. The highest BCUT2D eigenvalue weighted by Gasteiger charge is 2.18. The lowest BCUT2D eigenvalue weighted by Crippen LogP contribution is -2.46. The van der Waals surface area contributed by atoms with Crippen LogP contribution in [0.4, 0.5) is 22.7 Å². The molecule has 3 rings (SSSR count). The Balaban J connectivity index is 1.73. The number of likely N-dealkylation sites (N-methyl/N-ethyl adjacent to an activating group) is 1. The predicted molar refractivity (Wildman–Crippen MR) is 107 cm³/mol. The van der Waals surface area contributed by atoms with Crippen molar-refractivity contribution in [3.05, 3.63) is 58.1 Å². The molecule has 1 fully saturated rings. The number of anilines is 3. The number of nitro groups is 1. The molecule has 1 aliphatic heterocycles. The third kappa shape index (κ3) is 4.43. The Kier molecular flexibility index (Phi) is 5.71. The van der Waals surface area contributed by atoms with E-state index in [1.807, 2.05) is 24.3 Å². The summed E-state index contributed by atoms with van der Waals surface area (Å²) in [6.07, 6.45) is 0. The zero-order valence-electron chi connectivity index (χ0n) is 15.6. The fourth-order valence-electron chi connectivity index (χ4n) is 3.24. The van der Waals surface area contributed by atoms with Gasteiger partial charge in [-0.25, -0.2) is 0 Å². The van der Waals surface area contributed by atoms with Gasteiger partial charge in [0, 0.05) is 49.2 Å². The molecule has 0 radical (unpaired) electrons. The normalized spacial score (nSPS) is 14.8. The molecule has 142 valence electrons. The van der Waals surface area contributed by atoms with E-state index in [9.17, 15) is 14.9 Å². The summed E-state index contributed by atoms with van der Waals surface area (Å²) >= 11 is 0. The average Bonchev–Trinajstić information content (AvgIpc) is 2.68. The van der Waals surface area contributed by atoms with Gasteiger partial charge in [0.05, 0.1) is 4.92 Å². The zero-order valence-corrected chi connectivity index (χ0v) is 15.6. The van der Waals surface area contributed by atoms with Crippen molar-refractivity contribution < 1.29 is 9.72 Å².